The van der Waals surface area contributed by atoms with Crippen LogP contribution in [0.15, 0.2) is 36.4 Å². The molecule has 1 heterocycles. The molecule has 0 saturated heterocycles. The number of hydrogen-bond donors (Lipinski definition) is 1. The molecule has 84 valence electrons. The molecule has 0 aliphatic rings. The fourth-order valence-electron chi connectivity index (χ4n) is 1.55. The molecule has 0 bridgehead atoms. The molecule has 2 N–H and O–H groups in total. The van der Waals surface area contributed by atoms with Crippen molar-refractivity contribution < 1.29 is 4.39 Å². The first-order valence-electron chi connectivity index (χ1n) is 4.81. The predicted molar refractivity (Wildman–Crippen MR) is 66.4 cm³/mol. The second kappa shape index (κ2) is 4.17. The SMILES string of the molecule is CC(N)(c1cccc(F)c1)c1ccc(Cl)s1. The number of hydrogen-bond acceptors (Lipinski definition) is 2. The summed E-state index contributed by atoms with van der Waals surface area (Å²) < 4.78 is 13.8. The molecule has 1 nitrogen and oxygen atoms in total. The van der Waals surface area contributed by atoms with E-state index in [1.54, 1.807) is 12.1 Å². The number of halogens is 2. The Labute approximate surface area is 103 Å². The summed E-state index contributed by atoms with van der Waals surface area (Å²) in [6.45, 7) is 1.85. The minimum Gasteiger partial charge on any atom is -0.317 e. The van der Waals surface area contributed by atoms with Gasteiger partial charge in [0.05, 0.1) is 9.88 Å². The summed E-state index contributed by atoms with van der Waals surface area (Å²) >= 11 is 7.29. The molecule has 0 fully saturated rings. The Balaban J connectivity index is 2.46. The molecule has 1 aromatic carbocycles. The van der Waals surface area contributed by atoms with Crippen molar-refractivity contribution in [1.29, 1.82) is 0 Å². The van der Waals surface area contributed by atoms with E-state index in [-0.39, 0.29) is 5.82 Å². The largest absolute Gasteiger partial charge is 0.317 e. The molecule has 2 rings (SSSR count). The van der Waals surface area contributed by atoms with Crippen LogP contribution in [0.5, 0.6) is 0 Å². The van der Waals surface area contributed by atoms with Gasteiger partial charge in [0.1, 0.15) is 5.82 Å². The summed E-state index contributed by atoms with van der Waals surface area (Å²) in [7, 11) is 0. The van der Waals surface area contributed by atoms with Gasteiger partial charge in [0.2, 0.25) is 0 Å². The van der Waals surface area contributed by atoms with Crippen molar-refractivity contribution in [1.82, 2.24) is 0 Å². The van der Waals surface area contributed by atoms with Gasteiger partial charge < -0.3 is 5.73 Å². The van der Waals surface area contributed by atoms with Crippen LogP contribution < -0.4 is 5.73 Å². The zero-order valence-electron chi connectivity index (χ0n) is 8.71. The maximum Gasteiger partial charge on any atom is 0.123 e. The number of benzene rings is 1. The highest BCUT2D eigenvalue weighted by Crippen LogP contribution is 2.33. The van der Waals surface area contributed by atoms with E-state index in [1.165, 1.54) is 23.5 Å². The first-order valence-corrected chi connectivity index (χ1v) is 6.00. The minimum atomic E-state index is -0.708. The molecule has 2 aromatic rings. The Morgan fingerprint density at radius 1 is 1.31 bits per heavy atom. The van der Waals surface area contributed by atoms with Crippen molar-refractivity contribution in [3.63, 3.8) is 0 Å². The van der Waals surface area contributed by atoms with E-state index in [0.29, 0.717) is 4.34 Å². The van der Waals surface area contributed by atoms with Gasteiger partial charge in [-0.15, -0.1) is 11.3 Å². The summed E-state index contributed by atoms with van der Waals surface area (Å²) in [4.78, 5) is 0.920. The zero-order valence-corrected chi connectivity index (χ0v) is 10.3. The monoisotopic (exact) mass is 255 g/mol. The van der Waals surface area contributed by atoms with Gasteiger partial charge in [-0.05, 0) is 36.8 Å². The van der Waals surface area contributed by atoms with Gasteiger partial charge >= 0.3 is 0 Å². The first kappa shape index (κ1) is 11.6. The zero-order chi connectivity index (χ0) is 11.8. The van der Waals surface area contributed by atoms with Crippen molar-refractivity contribution >= 4 is 22.9 Å². The minimum absolute atomic E-state index is 0.281. The van der Waals surface area contributed by atoms with Crippen LogP contribution in [-0.4, -0.2) is 0 Å². The molecule has 4 heteroatoms. The van der Waals surface area contributed by atoms with Crippen molar-refractivity contribution in [2.75, 3.05) is 0 Å². The highest BCUT2D eigenvalue weighted by molar-refractivity contribution is 7.16. The van der Waals surface area contributed by atoms with Gasteiger partial charge in [0.25, 0.3) is 0 Å². The van der Waals surface area contributed by atoms with Gasteiger partial charge in [-0.25, -0.2) is 4.39 Å². The Bertz CT molecular complexity index is 507. The van der Waals surface area contributed by atoms with Crippen molar-refractivity contribution in [3.8, 4) is 0 Å². The van der Waals surface area contributed by atoms with E-state index < -0.39 is 5.54 Å². The third-order valence-corrected chi connectivity index (χ3v) is 3.98. The lowest BCUT2D eigenvalue weighted by atomic mass is 9.91. The lowest BCUT2D eigenvalue weighted by Crippen LogP contribution is -2.33. The van der Waals surface area contributed by atoms with Crippen molar-refractivity contribution in [2.45, 2.75) is 12.5 Å². The summed E-state index contributed by atoms with van der Waals surface area (Å²) in [6.07, 6.45) is 0. The average molecular weight is 256 g/mol. The normalized spacial score (nSPS) is 14.8. The Morgan fingerprint density at radius 3 is 2.62 bits per heavy atom. The van der Waals surface area contributed by atoms with Crippen LogP contribution in [0, 0.1) is 5.82 Å². The van der Waals surface area contributed by atoms with Crippen LogP contribution in [0.2, 0.25) is 4.34 Å². The molecule has 0 amide bonds. The van der Waals surface area contributed by atoms with E-state index in [0.717, 1.165) is 10.4 Å². The van der Waals surface area contributed by atoms with Crippen LogP contribution in [0.25, 0.3) is 0 Å². The first-order chi connectivity index (χ1) is 7.50. The van der Waals surface area contributed by atoms with Crippen molar-refractivity contribution in [2.24, 2.45) is 5.73 Å². The van der Waals surface area contributed by atoms with Gasteiger partial charge in [0.15, 0.2) is 0 Å². The molecule has 0 radical (unpaired) electrons. The van der Waals surface area contributed by atoms with E-state index in [4.69, 9.17) is 17.3 Å². The smallest absolute Gasteiger partial charge is 0.123 e. The Hall–Kier alpha value is -0.900. The predicted octanol–water partition coefficient (Wildman–Crippen LogP) is 3.76. The van der Waals surface area contributed by atoms with E-state index in [9.17, 15) is 4.39 Å². The molecule has 1 unspecified atom stereocenters. The molecule has 0 aliphatic heterocycles. The molecule has 1 atom stereocenters. The van der Waals surface area contributed by atoms with E-state index in [2.05, 4.69) is 0 Å². The molecular formula is C12H11ClFNS. The van der Waals surface area contributed by atoms with Crippen LogP contribution >= 0.6 is 22.9 Å². The van der Waals surface area contributed by atoms with Gasteiger partial charge in [0, 0.05) is 4.88 Å². The van der Waals surface area contributed by atoms with Crippen LogP contribution in [0.3, 0.4) is 0 Å². The molecule has 0 saturated carbocycles. The highest BCUT2D eigenvalue weighted by atomic mass is 35.5. The number of nitrogens with two attached hydrogens (primary N) is 1. The highest BCUT2D eigenvalue weighted by Gasteiger charge is 2.25. The standard InChI is InChI=1S/C12H11ClFNS/c1-12(15,10-5-6-11(13)16-10)8-3-2-4-9(14)7-8/h2-7H,15H2,1H3. The van der Waals surface area contributed by atoms with E-state index >= 15 is 0 Å². The summed E-state index contributed by atoms with van der Waals surface area (Å²) in [6, 6.07) is 10.0. The average Bonchev–Trinajstić information content (AvgIpc) is 2.65. The molecular weight excluding hydrogens is 245 g/mol. The Morgan fingerprint density at radius 2 is 2.06 bits per heavy atom. The summed E-state index contributed by atoms with van der Waals surface area (Å²) in [5, 5.41) is 0. The number of thiophene rings is 1. The second-order valence-corrected chi connectivity index (χ2v) is 5.53. The maximum absolute atomic E-state index is 13.1. The fourth-order valence-corrected chi connectivity index (χ4v) is 2.67. The van der Waals surface area contributed by atoms with Crippen LogP contribution in [0.1, 0.15) is 17.4 Å². The lowest BCUT2D eigenvalue weighted by Gasteiger charge is -2.23. The lowest BCUT2D eigenvalue weighted by molar-refractivity contribution is 0.589. The third-order valence-electron chi connectivity index (χ3n) is 2.51. The Kier molecular flexibility index (Phi) is 3.02. The molecule has 1 aromatic heterocycles. The molecule has 16 heavy (non-hydrogen) atoms. The fraction of sp³-hybridized carbons (Fsp3) is 0.167. The quantitative estimate of drug-likeness (QED) is 0.869. The van der Waals surface area contributed by atoms with Gasteiger partial charge in [-0.1, -0.05) is 23.7 Å². The topological polar surface area (TPSA) is 26.0 Å². The molecule has 0 spiro atoms. The van der Waals surface area contributed by atoms with Gasteiger partial charge in [-0.3, -0.25) is 0 Å². The van der Waals surface area contributed by atoms with Crippen LogP contribution in [-0.2, 0) is 5.54 Å². The second-order valence-electron chi connectivity index (χ2n) is 3.82. The summed E-state index contributed by atoms with van der Waals surface area (Å²) in [5.74, 6) is -0.281. The van der Waals surface area contributed by atoms with Crippen LogP contribution in [0.4, 0.5) is 4.39 Å². The van der Waals surface area contributed by atoms with Gasteiger partial charge in [-0.2, -0.15) is 0 Å². The number of rotatable bonds is 2. The summed E-state index contributed by atoms with van der Waals surface area (Å²) in [5.41, 5.74) is 6.26. The maximum atomic E-state index is 13.1. The van der Waals surface area contributed by atoms with E-state index in [1.807, 2.05) is 19.1 Å². The third kappa shape index (κ3) is 2.12. The van der Waals surface area contributed by atoms with Crippen molar-refractivity contribution in [3.05, 3.63) is 57.0 Å². The molecule has 0 aliphatic carbocycles.